The molecule has 9 heavy (non-hydrogen) atoms. The van der Waals surface area contributed by atoms with Gasteiger partial charge in [-0.1, -0.05) is 13.8 Å². The number of halogens is 1. The molecule has 3 heteroatoms. The Hall–Kier alpha value is 0.467. The van der Waals surface area contributed by atoms with E-state index in [2.05, 4.69) is 18.4 Å². The van der Waals surface area contributed by atoms with Gasteiger partial charge in [0.25, 0.3) is 0 Å². The van der Waals surface area contributed by atoms with Gasteiger partial charge in [-0.2, -0.15) is 0 Å². The molecule has 0 rings (SSSR count). The molecule has 1 nitrogen and oxygen atoms in total. The van der Waals surface area contributed by atoms with Crippen LogP contribution in [0.25, 0.3) is 0 Å². The largest absolute Gasteiger partial charge is 0.332 e. The first-order valence-electron chi connectivity index (χ1n) is 3.49. The molecule has 0 aliphatic carbocycles. The normalized spacial score (nSPS) is 9.67. The molecule has 0 N–H and O–H groups in total. The fourth-order valence-corrected chi connectivity index (χ4v) is 1.77. The van der Waals surface area contributed by atoms with Crippen molar-refractivity contribution in [3.63, 3.8) is 0 Å². The molecule has 0 radical (unpaired) electrons. The van der Waals surface area contributed by atoms with Gasteiger partial charge in [-0.25, -0.2) is 0 Å². The standard InChI is InChI=1S/C6H17NSi.ClH/c1-3-5-7(8)6-4-2;/h3-6H2,1-2,8H3;1H. The number of hydrogen-bond donors (Lipinski definition) is 0. The van der Waals surface area contributed by atoms with Gasteiger partial charge >= 0.3 is 0 Å². The van der Waals surface area contributed by atoms with Gasteiger partial charge in [-0.3, -0.25) is 0 Å². The van der Waals surface area contributed by atoms with Crippen molar-refractivity contribution in [2.24, 2.45) is 0 Å². The highest BCUT2D eigenvalue weighted by Gasteiger charge is 1.89. The van der Waals surface area contributed by atoms with E-state index in [1.165, 1.54) is 36.3 Å². The van der Waals surface area contributed by atoms with Gasteiger partial charge in [0, 0.05) is 0 Å². The summed E-state index contributed by atoms with van der Waals surface area (Å²) < 4.78 is 2.50. The summed E-state index contributed by atoms with van der Waals surface area (Å²) in [6.07, 6.45) is 2.62. The van der Waals surface area contributed by atoms with E-state index in [1.54, 1.807) is 0 Å². The third kappa shape index (κ3) is 8.47. The van der Waals surface area contributed by atoms with Gasteiger partial charge in [0.05, 0.1) is 10.4 Å². The zero-order valence-electron chi connectivity index (χ0n) is 6.68. The summed E-state index contributed by atoms with van der Waals surface area (Å²) in [5, 5.41) is 0. The molecular weight excluding hydrogens is 150 g/mol. The summed E-state index contributed by atoms with van der Waals surface area (Å²) >= 11 is 0. The summed E-state index contributed by atoms with van der Waals surface area (Å²) in [7, 11) is 1.24. The van der Waals surface area contributed by atoms with E-state index in [9.17, 15) is 0 Å². The van der Waals surface area contributed by atoms with E-state index in [-0.39, 0.29) is 12.4 Å². The van der Waals surface area contributed by atoms with Gasteiger partial charge < -0.3 is 4.57 Å². The van der Waals surface area contributed by atoms with Crippen LogP contribution in [0.1, 0.15) is 26.7 Å². The molecular formula is C6H18ClNSi. The Labute approximate surface area is 67.7 Å². The van der Waals surface area contributed by atoms with E-state index < -0.39 is 0 Å². The minimum Gasteiger partial charge on any atom is -0.332 e. The second-order valence-electron chi connectivity index (χ2n) is 2.30. The van der Waals surface area contributed by atoms with Gasteiger partial charge in [0.1, 0.15) is 0 Å². The van der Waals surface area contributed by atoms with E-state index in [0.717, 1.165) is 0 Å². The summed E-state index contributed by atoms with van der Waals surface area (Å²) in [5.74, 6) is 0. The van der Waals surface area contributed by atoms with Crippen LogP contribution in [-0.4, -0.2) is 28.1 Å². The first-order chi connectivity index (χ1) is 3.81. The van der Waals surface area contributed by atoms with Crippen LogP contribution in [0, 0.1) is 0 Å². The monoisotopic (exact) mass is 167 g/mol. The first-order valence-corrected chi connectivity index (χ1v) is 4.39. The molecule has 0 saturated carbocycles. The van der Waals surface area contributed by atoms with Crippen molar-refractivity contribution >= 4 is 22.8 Å². The van der Waals surface area contributed by atoms with Gasteiger partial charge in [-0.15, -0.1) is 12.4 Å². The molecule has 0 atom stereocenters. The van der Waals surface area contributed by atoms with E-state index in [1.807, 2.05) is 0 Å². The van der Waals surface area contributed by atoms with Crippen LogP contribution in [0.3, 0.4) is 0 Å². The Balaban J connectivity index is 0. The fourth-order valence-electron chi connectivity index (χ4n) is 0.875. The maximum atomic E-state index is 2.50. The van der Waals surface area contributed by atoms with Crippen molar-refractivity contribution in [3.8, 4) is 0 Å². The molecule has 0 saturated heterocycles. The highest BCUT2D eigenvalue weighted by atomic mass is 35.5. The number of nitrogens with zero attached hydrogens (tertiary/aromatic N) is 1. The molecule has 0 bridgehead atoms. The molecule has 0 aromatic rings. The maximum absolute atomic E-state index is 2.50. The highest BCUT2D eigenvalue weighted by molar-refractivity contribution is 6.04. The molecule has 0 unspecified atom stereocenters. The quantitative estimate of drug-likeness (QED) is 0.561. The van der Waals surface area contributed by atoms with Gasteiger partial charge in [0.15, 0.2) is 0 Å². The maximum Gasteiger partial charge on any atom is 0.0784 e. The van der Waals surface area contributed by atoms with E-state index >= 15 is 0 Å². The third-order valence-electron chi connectivity index (χ3n) is 1.21. The number of hydrogen-bond acceptors (Lipinski definition) is 1. The van der Waals surface area contributed by atoms with Crippen LogP contribution in [0.2, 0.25) is 0 Å². The van der Waals surface area contributed by atoms with Crippen LogP contribution in [0.15, 0.2) is 0 Å². The fraction of sp³-hybridized carbons (Fsp3) is 1.00. The second kappa shape index (κ2) is 8.47. The van der Waals surface area contributed by atoms with Crippen molar-refractivity contribution in [1.82, 2.24) is 4.57 Å². The number of rotatable bonds is 4. The lowest BCUT2D eigenvalue weighted by Gasteiger charge is -2.13. The molecule has 0 aromatic carbocycles. The predicted molar refractivity (Wildman–Crippen MR) is 49.3 cm³/mol. The molecule has 0 heterocycles. The molecule has 0 aromatic heterocycles. The highest BCUT2D eigenvalue weighted by Crippen LogP contribution is 1.86. The molecule has 0 aliphatic rings. The van der Waals surface area contributed by atoms with Crippen LogP contribution in [0.4, 0.5) is 0 Å². The zero-order valence-corrected chi connectivity index (χ0v) is 9.50. The molecule has 58 valence electrons. The van der Waals surface area contributed by atoms with Crippen molar-refractivity contribution in [3.05, 3.63) is 0 Å². The van der Waals surface area contributed by atoms with E-state index in [4.69, 9.17) is 0 Å². The molecule has 0 fully saturated rings. The minimum absolute atomic E-state index is 0. The van der Waals surface area contributed by atoms with Crippen LogP contribution in [-0.2, 0) is 0 Å². The van der Waals surface area contributed by atoms with Crippen molar-refractivity contribution in [2.75, 3.05) is 13.1 Å². The van der Waals surface area contributed by atoms with Gasteiger partial charge in [0.2, 0.25) is 0 Å². The predicted octanol–water partition coefficient (Wildman–Crippen LogP) is 0.811. The Morgan fingerprint density at radius 2 is 1.44 bits per heavy atom. The Kier molecular flexibility index (Phi) is 11.5. The smallest absolute Gasteiger partial charge is 0.0784 e. The average molecular weight is 168 g/mol. The molecule has 0 amide bonds. The van der Waals surface area contributed by atoms with Crippen molar-refractivity contribution < 1.29 is 0 Å². The SMILES string of the molecule is CCCN([SiH3])CCC.Cl. The van der Waals surface area contributed by atoms with E-state index in [0.29, 0.717) is 0 Å². The lowest BCUT2D eigenvalue weighted by Crippen LogP contribution is -2.21. The summed E-state index contributed by atoms with van der Waals surface area (Å²) in [4.78, 5) is 0. The summed E-state index contributed by atoms with van der Waals surface area (Å²) in [6, 6.07) is 0. The second-order valence-corrected chi connectivity index (χ2v) is 3.57. The topological polar surface area (TPSA) is 3.24 Å². The zero-order chi connectivity index (χ0) is 6.41. The minimum atomic E-state index is 0. The average Bonchev–Trinajstić information content (AvgIpc) is 1.68. The molecule has 0 aliphatic heterocycles. The van der Waals surface area contributed by atoms with Gasteiger partial charge in [-0.05, 0) is 25.9 Å². The lowest BCUT2D eigenvalue weighted by molar-refractivity contribution is 0.450. The van der Waals surface area contributed by atoms with Crippen molar-refractivity contribution in [1.29, 1.82) is 0 Å². The first kappa shape index (κ1) is 12.2. The van der Waals surface area contributed by atoms with Crippen LogP contribution in [0.5, 0.6) is 0 Å². The van der Waals surface area contributed by atoms with Crippen LogP contribution < -0.4 is 0 Å². The third-order valence-corrected chi connectivity index (χ3v) is 2.11. The van der Waals surface area contributed by atoms with Crippen molar-refractivity contribution in [2.45, 2.75) is 26.7 Å². The summed E-state index contributed by atoms with van der Waals surface area (Å²) in [5.41, 5.74) is 0. The Bertz CT molecular complexity index is 46.3. The molecule has 0 spiro atoms. The lowest BCUT2D eigenvalue weighted by atomic mass is 10.4. The van der Waals surface area contributed by atoms with Crippen LogP contribution >= 0.6 is 12.4 Å². The summed E-state index contributed by atoms with van der Waals surface area (Å²) in [6.45, 7) is 7.08. The Morgan fingerprint density at radius 1 is 1.11 bits per heavy atom. The Morgan fingerprint density at radius 3 is 1.67 bits per heavy atom.